The van der Waals surface area contributed by atoms with E-state index in [1.807, 2.05) is 0 Å². The lowest BCUT2D eigenvalue weighted by Gasteiger charge is -2.35. The molecule has 4 nitrogen and oxygen atoms in total. The summed E-state index contributed by atoms with van der Waals surface area (Å²) < 4.78 is 2.27. The molecule has 5 heteroatoms. The molecule has 1 aromatic heterocycles. The van der Waals surface area contributed by atoms with Gasteiger partial charge in [0.05, 0.1) is 6.54 Å². The van der Waals surface area contributed by atoms with Crippen LogP contribution in [-0.2, 0) is 13.1 Å². The van der Waals surface area contributed by atoms with Crippen LogP contribution in [0.5, 0.6) is 0 Å². The van der Waals surface area contributed by atoms with E-state index in [1.165, 1.54) is 16.9 Å². The molecule has 1 atom stereocenters. The SMILES string of the molecule is CCCn1c(C)nnc1CN1CCSCC1c1ccc(C)cc1. The van der Waals surface area contributed by atoms with Crippen molar-refractivity contribution in [3.63, 3.8) is 0 Å². The highest BCUT2D eigenvalue weighted by molar-refractivity contribution is 7.99. The molecule has 1 saturated heterocycles. The minimum Gasteiger partial charge on any atom is -0.314 e. The molecule has 0 spiro atoms. The van der Waals surface area contributed by atoms with Gasteiger partial charge in [0.2, 0.25) is 0 Å². The largest absolute Gasteiger partial charge is 0.314 e. The predicted octanol–water partition coefficient (Wildman–Crippen LogP) is 3.60. The van der Waals surface area contributed by atoms with Gasteiger partial charge in [-0.1, -0.05) is 36.8 Å². The van der Waals surface area contributed by atoms with E-state index >= 15 is 0 Å². The van der Waals surface area contributed by atoms with E-state index in [1.54, 1.807) is 0 Å². The van der Waals surface area contributed by atoms with Crippen LogP contribution in [0.15, 0.2) is 24.3 Å². The molecule has 1 aliphatic heterocycles. The van der Waals surface area contributed by atoms with Crippen molar-refractivity contribution in [2.75, 3.05) is 18.1 Å². The van der Waals surface area contributed by atoms with E-state index in [0.717, 1.165) is 43.5 Å². The standard InChI is InChI=1S/C18H26N4S/c1-4-9-22-15(3)19-20-18(22)12-21-10-11-23-13-17(21)16-7-5-14(2)6-8-16/h5-8,17H,4,9-13H2,1-3H3. The molecule has 23 heavy (non-hydrogen) atoms. The van der Waals surface area contributed by atoms with Gasteiger partial charge in [0.25, 0.3) is 0 Å². The van der Waals surface area contributed by atoms with Crippen LogP contribution >= 0.6 is 11.8 Å². The summed E-state index contributed by atoms with van der Waals surface area (Å²) in [6, 6.07) is 9.47. The Bertz CT molecular complexity index is 635. The lowest BCUT2D eigenvalue weighted by molar-refractivity contribution is 0.203. The molecule has 2 aromatic rings. The summed E-state index contributed by atoms with van der Waals surface area (Å²) in [6.07, 6.45) is 1.11. The van der Waals surface area contributed by atoms with E-state index in [4.69, 9.17) is 0 Å². The van der Waals surface area contributed by atoms with Crippen molar-refractivity contribution in [1.82, 2.24) is 19.7 Å². The number of aromatic nitrogens is 3. The summed E-state index contributed by atoms with van der Waals surface area (Å²) in [5, 5.41) is 8.73. The first kappa shape index (κ1) is 16.5. The monoisotopic (exact) mass is 330 g/mol. The summed E-state index contributed by atoms with van der Waals surface area (Å²) in [4.78, 5) is 2.57. The van der Waals surface area contributed by atoms with Crippen LogP contribution in [0.4, 0.5) is 0 Å². The summed E-state index contributed by atoms with van der Waals surface area (Å²) in [6.45, 7) is 9.41. The maximum absolute atomic E-state index is 4.44. The first-order valence-corrected chi connectivity index (χ1v) is 9.61. The number of rotatable bonds is 5. The van der Waals surface area contributed by atoms with Crippen LogP contribution in [0.3, 0.4) is 0 Å². The highest BCUT2D eigenvalue weighted by atomic mass is 32.2. The van der Waals surface area contributed by atoms with Crippen molar-refractivity contribution in [2.24, 2.45) is 0 Å². The van der Waals surface area contributed by atoms with Crippen LogP contribution in [0.1, 0.15) is 42.2 Å². The Kier molecular flexibility index (Phi) is 5.38. The first-order valence-electron chi connectivity index (χ1n) is 8.46. The number of thioether (sulfide) groups is 1. The third-order valence-corrected chi connectivity index (χ3v) is 5.53. The van der Waals surface area contributed by atoms with E-state index in [2.05, 4.69) is 76.5 Å². The van der Waals surface area contributed by atoms with Crippen molar-refractivity contribution >= 4 is 11.8 Å². The molecule has 1 unspecified atom stereocenters. The van der Waals surface area contributed by atoms with Crippen molar-refractivity contribution in [2.45, 2.75) is 46.3 Å². The normalized spacial score (nSPS) is 19.2. The molecule has 1 fully saturated rings. The van der Waals surface area contributed by atoms with Crippen LogP contribution in [0.2, 0.25) is 0 Å². The molecule has 0 bridgehead atoms. The second-order valence-electron chi connectivity index (χ2n) is 6.29. The summed E-state index contributed by atoms with van der Waals surface area (Å²) in [7, 11) is 0. The van der Waals surface area contributed by atoms with Crippen LogP contribution in [0.25, 0.3) is 0 Å². The highest BCUT2D eigenvalue weighted by Gasteiger charge is 2.26. The van der Waals surface area contributed by atoms with E-state index in [-0.39, 0.29) is 0 Å². The minimum absolute atomic E-state index is 0.474. The lowest BCUT2D eigenvalue weighted by atomic mass is 10.0. The number of benzene rings is 1. The van der Waals surface area contributed by atoms with Gasteiger partial charge in [0.1, 0.15) is 11.6 Å². The fourth-order valence-electron chi connectivity index (χ4n) is 3.16. The number of nitrogens with zero attached hydrogens (tertiary/aromatic N) is 4. The molecule has 0 saturated carbocycles. The van der Waals surface area contributed by atoms with Gasteiger partial charge >= 0.3 is 0 Å². The van der Waals surface area contributed by atoms with E-state index in [0.29, 0.717) is 6.04 Å². The predicted molar refractivity (Wildman–Crippen MR) is 96.7 cm³/mol. The second-order valence-corrected chi connectivity index (χ2v) is 7.44. The number of hydrogen-bond acceptors (Lipinski definition) is 4. The van der Waals surface area contributed by atoms with Crippen molar-refractivity contribution in [3.05, 3.63) is 47.0 Å². The Labute approximate surface area is 143 Å². The smallest absolute Gasteiger partial charge is 0.147 e. The van der Waals surface area contributed by atoms with Gasteiger partial charge in [-0.25, -0.2) is 0 Å². The fraction of sp³-hybridized carbons (Fsp3) is 0.556. The quantitative estimate of drug-likeness (QED) is 0.839. The second kappa shape index (κ2) is 7.49. The van der Waals surface area contributed by atoms with Gasteiger partial charge < -0.3 is 4.57 Å². The number of aryl methyl sites for hydroxylation is 2. The molecule has 0 amide bonds. The third-order valence-electron chi connectivity index (χ3n) is 4.51. The maximum atomic E-state index is 4.44. The third kappa shape index (κ3) is 3.78. The van der Waals surface area contributed by atoms with Crippen molar-refractivity contribution in [1.29, 1.82) is 0 Å². The first-order chi connectivity index (χ1) is 11.2. The lowest BCUT2D eigenvalue weighted by Crippen LogP contribution is -2.36. The highest BCUT2D eigenvalue weighted by Crippen LogP contribution is 2.30. The Morgan fingerprint density at radius 2 is 1.96 bits per heavy atom. The fourth-order valence-corrected chi connectivity index (χ4v) is 4.32. The van der Waals surface area contributed by atoms with Crippen molar-refractivity contribution in [3.8, 4) is 0 Å². The van der Waals surface area contributed by atoms with Gasteiger partial charge in [0.15, 0.2) is 0 Å². The van der Waals surface area contributed by atoms with Crippen molar-refractivity contribution < 1.29 is 0 Å². The topological polar surface area (TPSA) is 34.0 Å². The Balaban J connectivity index is 1.80. The zero-order valence-electron chi connectivity index (χ0n) is 14.3. The van der Waals surface area contributed by atoms with Crippen LogP contribution in [0, 0.1) is 13.8 Å². The van der Waals surface area contributed by atoms with E-state index < -0.39 is 0 Å². The van der Waals surface area contributed by atoms with Crippen LogP contribution in [-0.4, -0.2) is 37.7 Å². The van der Waals surface area contributed by atoms with Gasteiger partial charge in [0, 0.05) is 30.6 Å². The molecule has 1 aliphatic rings. The van der Waals surface area contributed by atoms with Gasteiger partial charge in [-0.15, -0.1) is 10.2 Å². The Morgan fingerprint density at radius 3 is 2.70 bits per heavy atom. The Hall–Kier alpha value is -1.33. The molecule has 3 rings (SSSR count). The number of hydrogen-bond donors (Lipinski definition) is 0. The van der Waals surface area contributed by atoms with Gasteiger partial charge in [-0.3, -0.25) is 4.90 Å². The minimum atomic E-state index is 0.474. The van der Waals surface area contributed by atoms with Crippen LogP contribution < -0.4 is 0 Å². The average Bonchev–Trinajstić information content (AvgIpc) is 2.90. The molecular formula is C18H26N4S. The van der Waals surface area contributed by atoms with Gasteiger partial charge in [-0.05, 0) is 25.8 Å². The molecule has 2 heterocycles. The average molecular weight is 331 g/mol. The molecule has 0 radical (unpaired) electrons. The zero-order chi connectivity index (χ0) is 16.2. The maximum Gasteiger partial charge on any atom is 0.147 e. The molecule has 124 valence electrons. The molecule has 1 aromatic carbocycles. The molecular weight excluding hydrogens is 304 g/mol. The Morgan fingerprint density at radius 1 is 1.17 bits per heavy atom. The van der Waals surface area contributed by atoms with E-state index in [9.17, 15) is 0 Å². The summed E-state index contributed by atoms with van der Waals surface area (Å²) in [5.41, 5.74) is 2.74. The molecule has 0 aliphatic carbocycles. The molecule has 0 N–H and O–H groups in total. The van der Waals surface area contributed by atoms with Gasteiger partial charge in [-0.2, -0.15) is 11.8 Å². The zero-order valence-corrected chi connectivity index (χ0v) is 15.1. The summed E-state index contributed by atoms with van der Waals surface area (Å²) >= 11 is 2.05. The summed E-state index contributed by atoms with van der Waals surface area (Å²) in [5.74, 6) is 4.49.